The van der Waals surface area contributed by atoms with Crippen molar-refractivity contribution in [2.75, 3.05) is 253 Å². The van der Waals surface area contributed by atoms with Crippen LogP contribution in [0.15, 0.2) is 73.6 Å². The van der Waals surface area contributed by atoms with Gasteiger partial charge in [0.15, 0.2) is 28.9 Å². The maximum atomic E-state index is 12.5. The monoisotopic (exact) mass is 1920 g/mol. The van der Waals surface area contributed by atoms with Gasteiger partial charge in [-0.2, -0.15) is 0 Å². The van der Waals surface area contributed by atoms with E-state index in [0.29, 0.717) is 98.5 Å². The molecule has 33 nitrogen and oxygen atoms in total. The van der Waals surface area contributed by atoms with Gasteiger partial charge in [0.25, 0.3) is 23.6 Å². The smallest absolute Gasteiger partial charge is 0.272 e. The highest BCUT2D eigenvalue weighted by Gasteiger charge is 2.35. The summed E-state index contributed by atoms with van der Waals surface area (Å²) in [7, 11) is 39.7. The van der Waals surface area contributed by atoms with Gasteiger partial charge < -0.3 is 73.3 Å². The molecule has 4 aromatic rings. The molecule has 0 radical (unpaired) electrons. The van der Waals surface area contributed by atoms with Gasteiger partial charge in [0.2, 0.25) is 17.7 Å². The number of ether oxygens (including phenoxy) is 1. The van der Waals surface area contributed by atoms with Crippen molar-refractivity contribution in [2.24, 2.45) is 43.8 Å². The lowest BCUT2D eigenvalue weighted by molar-refractivity contribution is -0.139. The average molecular weight is 1920 g/mol. The number of carbonyl (C=O) groups excluding carboxylic acids is 14. The lowest BCUT2D eigenvalue weighted by Gasteiger charge is -2.24. The molecule has 0 fully saturated rings. The van der Waals surface area contributed by atoms with Gasteiger partial charge in [0.05, 0.1) is 16.7 Å². The Kier molecular flexibility index (Phi) is 59.1. The Morgan fingerprint density at radius 3 is 0.927 bits per heavy atom. The van der Waals surface area contributed by atoms with Crippen LogP contribution in [-0.4, -0.2) is 423 Å². The van der Waals surface area contributed by atoms with Crippen LogP contribution in [0.2, 0.25) is 0 Å². The molecule has 0 unspecified atom stereocenters. The third kappa shape index (κ3) is 53.9. The second-order valence-corrected chi connectivity index (χ2v) is 44.0. The van der Waals surface area contributed by atoms with Crippen molar-refractivity contribution in [3.8, 4) is 0 Å². The van der Waals surface area contributed by atoms with Gasteiger partial charge >= 0.3 is 0 Å². The molecule has 776 valence electrons. The van der Waals surface area contributed by atoms with Crippen LogP contribution in [0.3, 0.4) is 0 Å². The first kappa shape index (κ1) is 131. The number of aromatic nitrogens is 4. The zero-order valence-corrected chi connectivity index (χ0v) is 92.6. The predicted molar refractivity (Wildman–Crippen MR) is 550 cm³/mol. The number of rotatable bonds is 39. The second-order valence-electron chi connectivity index (χ2n) is 44.0. The number of hydrogen-bond donors (Lipinski definition) is 0. The topological polar surface area (TPSA) is 345 Å². The molecule has 4 rings (SSSR count). The molecular formula is C104H180N18O15. The highest BCUT2D eigenvalue weighted by atomic mass is 16.5. The molecule has 4 aromatic heterocycles. The normalized spacial score (nSPS) is 11.9. The maximum absolute atomic E-state index is 12.5. The molecule has 0 saturated heterocycles. The molecule has 0 saturated carbocycles. The van der Waals surface area contributed by atoms with Gasteiger partial charge in [-0.15, -0.1) is 0 Å². The number of pyridine rings is 4. The minimum atomic E-state index is -0.564. The van der Waals surface area contributed by atoms with Crippen LogP contribution in [0.4, 0.5) is 0 Å². The van der Waals surface area contributed by atoms with E-state index >= 15 is 0 Å². The van der Waals surface area contributed by atoms with E-state index in [1.807, 2.05) is 285 Å². The van der Waals surface area contributed by atoms with Crippen LogP contribution in [0.25, 0.3) is 0 Å². The molecule has 0 aliphatic carbocycles. The minimum Gasteiger partial charge on any atom is -0.364 e. The predicted octanol–water partition coefficient (Wildman–Crippen LogP) is 11.5. The number of ketones is 7. The van der Waals surface area contributed by atoms with Gasteiger partial charge in [0, 0.05) is 258 Å². The first-order valence-electron chi connectivity index (χ1n) is 46.8. The highest BCUT2D eigenvalue weighted by Crippen LogP contribution is 2.29. The Morgan fingerprint density at radius 1 is 0.270 bits per heavy atom. The average Bonchev–Trinajstić information content (AvgIpc) is 0.822. The molecule has 0 aliphatic heterocycles. The van der Waals surface area contributed by atoms with E-state index in [1.165, 1.54) is 12.4 Å². The first-order chi connectivity index (χ1) is 62.4. The van der Waals surface area contributed by atoms with Crippen LogP contribution < -0.4 is 0 Å². The lowest BCUT2D eigenvalue weighted by Crippen LogP contribution is -2.36. The van der Waals surface area contributed by atoms with E-state index in [1.54, 1.807) is 145 Å². The Bertz CT molecular complexity index is 4070. The van der Waals surface area contributed by atoms with E-state index in [-0.39, 0.29) is 123 Å². The molecule has 0 aromatic carbocycles. The zero-order chi connectivity index (χ0) is 107. The highest BCUT2D eigenvalue weighted by molar-refractivity contribution is 6.12. The quantitative estimate of drug-likeness (QED) is 0.0374. The fourth-order valence-electron chi connectivity index (χ4n) is 11.2. The minimum absolute atomic E-state index is 0.00321. The second kappa shape index (κ2) is 61.6. The summed E-state index contributed by atoms with van der Waals surface area (Å²) >= 11 is 0. The molecule has 4 heterocycles. The lowest BCUT2D eigenvalue weighted by atomic mass is 9.82. The zero-order valence-electron chi connectivity index (χ0n) is 92.6. The summed E-state index contributed by atoms with van der Waals surface area (Å²) in [5, 5.41) is 0. The van der Waals surface area contributed by atoms with E-state index < -0.39 is 27.1 Å². The van der Waals surface area contributed by atoms with Crippen molar-refractivity contribution in [1.82, 2.24) is 88.5 Å². The molecule has 0 spiro atoms. The van der Waals surface area contributed by atoms with Crippen LogP contribution >= 0.6 is 0 Å². The van der Waals surface area contributed by atoms with Gasteiger partial charge in [-0.05, 0) is 135 Å². The number of nitrogens with zero attached hydrogens (tertiary/aromatic N) is 18. The van der Waals surface area contributed by atoms with Crippen LogP contribution in [0.1, 0.15) is 255 Å². The summed E-state index contributed by atoms with van der Waals surface area (Å²) in [5.74, 6) is -0.923. The fraction of sp³-hybridized carbons (Fsp3) is 0.673. The van der Waals surface area contributed by atoms with Gasteiger partial charge in [-0.3, -0.25) is 87.1 Å². The Labute approximate surface area is 824 Å². The molecular weight excluding hydrogens is 1740 g/mol. The number of carbonyl (C=O) groups is 14. The van der Waals surface area contributed by atoms with Crippen LogP contribution in [0, 0.1) is 43.8 Å². The van der Waals surface area contributed by atoms with Crippen molar-refractivity contribution in [2.45, 2.75) is 172 Å². The standard InChI is InChI=1S/4C16H25N3O2.C14H28N2O2.C13H26N2O3.C13H26N2O2/c1-16(2,3)14(20)13-11-17-8-7-12(13)15(21)19(6)10-9-18(4)5;1-16(2,3)14(20)12-7-8-17-11-13(12)15(21)19(6)10-9-18(4)5;1-16(2,3)14(20)13-12(8-7-9-17-13)15(21)19(6)11-10-18(4)5;1-16(2,3)14(20)12-8-7-9-17-13(12)15(21)19(6)11-10-18(4)5;1-11(13(18)14(2,3)4)10-12(17)16(7)9-8-15(5)6;1-13(2,3)11(16)9-18-10-12(17)15(6)8-7-14(4)5;1-13(2,3)11(16)7-8-12(17)15(6)10-9-14(4)5/h2*7-8,11H,9-10H2,1-6H3;2*7-9H,10-11H2,1-6H3;11H,8-10H2,1-7H3;7-10H2,1-6H3;7-10H2,1-6H3/t;;;;11-;;/m....1../s1. The molecule has 1 atom stereocenters. The third-order valence-corrected chi connectivity index (χ3v) is 21.0. The Morgan fingerprint density at radius 2 is 0.569 bits per heavy atom. The van der Waals surface area contributed by atoms with Crippen LogP contribution in [0.5, 0.6) is 0 Å². The first-order valence-corrected chi connectivity index (χ1v) is 46.8. The molecule has 0 aliphatic rings. The Balaban J connectivity index is -0.00000153. The molecule has 0 bridgehead atoms. The Hall–Kier alpha value is -9.74. The summed E-state index contributed by atoms with van der Waals surface area (Å²) in [4.78, 5) is 212. The van der Waals surface area contributed by atoms with Crippen molar-refractivity contribution in [3.63, 3.8) is 0 Å². The number of Topliss-reactive ketones (excluding diaryl/α,β-unsaturated/α-hetero) is 7. The van der Waals surface area contributed by atoms with E-state index in [2.05, 4.69) is 19.9 Å². The number of hydrogen-bond acceptors (Lipinski definition) is 26. The fourth-order valence-corrected chi connectivity index (χ4v) is 11.2. The van der Waals surface area contributed by atoms with Gasteiger partial charge in [-0.25, -0.2) is 0 Å². The van der Waals surface area contributed by atoms with E-state index in [0.717, 1.165) is 45.8 Å². The summed E-state index contributed by atoms with van der Waals surface area (Å²) < 4.78 is 5.16. The van der Waals surface area contributed by atoms with Crippen molar-refractivity contribution in [3.05, 3.63) is 118 Å². The van der Waals surface area contributed by atoms with Crippen molar-refractivity contribution in [1.29, 1.82) is 0 Å². The van der Waals surface area contributed by atoms with Crippen molar-refractivity contribution >= 4 is 81.8 Å². The summed E-state index contributed by atoms with van der Waals surface area (Å²) in [6.07, 6.45) is 10.1. The van der Waals surface area contributed by atoms with E-state index in [9.17, 15) is 67.1 Å². The number of likely N-dealkylation sites (N-methyl/N-ethyl adjacent to an activating group) is 14. The summed E-state index contributed by atoms with van der Waals surface area (Å²) in [6.45, 7) is 50.7. The summed E-state index contributed by atoms with van der Waals surface area (Å²) in [5.41, 5.74) is -0.416. The third-order valence-electron chi connectivity index (χ3n) is 21.0. The van der Waals surface area contributed by atoms with E-state index in [4.69, 9.17) is 4.74 Å². The van der Waals surface area contributed by atoms with Crippen molar-refractivity contribution < 1.29 is 71.9 Å². The SMILES string of the molecule is CN(C)CCN(C)C(=O)CCC(=O)C(C)(C)C.CN(C)CCN(C)C(=O)COCC(=O)C(C)(C)C.CN(C)CCN(C)C(=O)c1cccnc1C(=O)C(C)(C)C.CN(C)CCN(C)C(=O)c1ccncc1C(=O)C(C)(C)C.CN(C)CCN(C)C(=O)c1cnccc1C(=O)C(C)(C)C.CN(C)CCN(C)C(=O)c1ncccc1C(=O)C(C)(C)C.C[C@H](CC(=O)N(C)CCN(C)C)C(=O)C(C)(C)C. The number of amides is 7. The summed E-state index contributed by atoms with van der Waals surface area (Å²) in [6, 6.07) is 9.96. The molecule has 137 heavy (non-hydrogen) atoms. The van der Waals surface area contributed by atoms with Gasteiger partial charge in [0.1, 0.15) is 36.2 Å². The molecule has 33 heteroatoms. The van der Waals surface area contributed by atoms with Crippen LogP contribution in [-0.2, 0) is 33.5 Å². The van der Waals surface area contributed by atoms with Gasteiger partial charge in [-0.1, -0.05) is 152 Å². The molecule has 7 amide bonds. The maximum Gasteiger partial charge on any atom is 0.272 e. The molecule has 0 N–H and O–H groups in total. The largest absolute Gasteiger partial charge is 0.364 e.